The van der Waals surface area contributed by atoms with E-state index >= 15 is 0 Å². The molecule has 21 heavy (non-hydrogen) atoms. The van der Waals surface area contributed by atoms with E-state index in [1.807, 2.05) is 6.07 Å². The van der Waals surface area contributed by atoms with Crippen LogP contribution in [0.1, 0.15) is 62.4 Å². The normalized spacial score (nSPS) is 14.4. The molecule has 1 nitrogen and oxygen atoms in total. The number of hydrogen-bond acceptors (Lipinski definition) is 2. The third-order valence-electron chi connectivity index (χ3n) is 3.75. The summed E-state index contributed by atoms with van der Waals surface area (Å²) in [5.74, 6) is 0.563. The highest BCUT2D eigenvalue weighted by molar-refractivity contribution is 7.20. The van der Waals surface area contributed by atoms with E-state index in [1.54, 1.807) is 0 Å². The molecule has 0 bridgehead atoms. The number of hydrogen-bond donors (Lipinski definition) is 1. The molecule has 114 valence electrons. The monoisotopic (exact) mass is 341 g/mol. The van der Waals surface area contributed by atoms with Gasteiger partial charge in [-0.3, -0.25) is 0 Å². The summed E-state index contributed by atoms with van der Waals surface area (Å²) in [5, 5.41) is 3.58. The Morgan fingerprint density at radius 3 is 1.95 bits per heavy atom. The van der Waals surface area contributed by atoms with Crippen LogP contribution in [0.25, 0.3) is 0 Å². The van der Waals surface area contributed by atoms with E-state index in [1.165, 1.54) is 22.5 Å². The summed E-state index contributed by atoms with van der Waals surface area (Å²) in [5.41, 5.74) is 3.72. The van der Waals surface area contributed by atoms with Gasteiger partial charge in [0.15, 0.2) is 0 Å². The van der Waals surface area contributed by atoms with Gasteiger partial charge in [0.2, 0.25) is 0 Å². The molecule has 0 aliphatic carbocycles. The molecular weight excluding hydrogens is 321 g/mol. The van der Waals surface area contributed by atoms with Crippen molar-refractivity contribution in [1.29, 1.82) is 0 Å². The number of benzene rings is 1. The second-order valence-corrected chi connectivity index (χ2v) is 8.00. The van der Waals surface area contributed by atoms with Crippen molar-refractivity contribution in [2.24, 2.45) is 0 Å². The number of halogens is 2. The molecule has 0 fully saturated rings. The first-order valence-electron chi connectivity index (χ1n) is 7.19. The highest BCUT2D eigenvalue weighted by Gasteiger charge is 2.16. The summed E-state index contributed by atoms with van der Waals surface area (Å²) in [6, 6.07) is 11.2. The van der Waals surface area contributed by atoms with Crippen molar-refractivity contribution in [3.8, 4) is 0 Å². The van der Waals surface area contributed by atoms with Crippen LogP contribution in [0.4, 0.5) is 0 Å². The van der Waals surface area contributed by atoms with Crippen LogP contribution in [0.5, 0.6) is 0 Å². The number of thiophene rings is 1. The maximum absolute atomic E-state index is 6.22. The molecule has 1 heterocycles. The van der Waals surface area contributed by atoms with E-state index < -0.39 is 0 Å². The van der Waals surface area contributed by atoms with Crippen molar-refractivity contribution >= 4 is 34.5 Å². The lowest BCUT2D eigenvalue weighted by Gasteiger charge is -2.20. The van der Waals surface area contributed by atoms with Crippen molar-refractivity contribution in [1.82, 2.24) is 5.32 Å². The quantitative estimate of drug-likeness (QED) is 0.646. The van der Waals surface area contributed by atoms with Crippen LogP contribution in [0.15, 0.2) is 30.3 Å². The summed E-state index contributed by atoms with van der Waals surface area (Å²) >= 11 is 13.7. The molecule has 2 unspecified atom stereocenters. The van der Waals surface area contributed by atoms with Crippen LogP contribution >= 0.6 is 34.5 Å². The maximum Gasteiger partial charge on any atom is 0.0991 e. The minimum atomic E-state index is 0.168. The highest BCUT2D eigenvalue weighted by Crippen LogP contribution is 2.35. The van der Waals surface area contributed by atoms with Gasteiger partial charge in [-0.15, -0.1) is 11.3 Å². The minimum Gasteiger partial charge on any atom is -0.304 e. The lowest BCUT2D eigenvalue weighted by atomic mass is 9.99. The maximum atomic E-state index is 6.22. The van der Waals surface area contributed by atoms with Crippen LogP contribution in [-0.4, -0.2) is 0 Å². The molecular formula is C17H21Cl2NS. The lowest BCUT2D eigenvalue weighted by Crippen LogP contribution is -2.22. The van der Waals surface area contributed by atoms with Gasteiger partial charge in [-0.1, -0.05) is 61.3 Å². The Hall–Kier alpha value is -0.540. The molecule has 4 heteroatoms. The van der Waals surface area contributed by atoms with Crippen LogP contribution in [0.3, 0.4) is 0 Å². The Morgan fingerprint density at radius 1 is 0.905 bits per heavy atom. The van der Waals surface area contributed by atoms with Gasteiger partial charge in [-0.05, 0) is 42.5 Å². The molecule has 0 amide bonds. The first-order chi connectivity index (χ1) is 9.88. The summed E-state index contributed by atoms with van der Waals surface area (Å²) in [6.07, 6.45) is 0. The first-order valence-corrected chi connectivity index (χ1v) is 8.76. The van der Waals surface area contributed by atoms with Gasteiger partial charge >= 0.3 is 0 Å². The molecule has 0 saturated heterocycles. The van der Waals surface area contributed by atoms with Gasteiger partial charge in [-0.25, -0.2) is 0 Å². The van der Waals surface area contributed by atoms with Crippen molar-refractivity contribution in [3.05, 3.63) is 55.7 Å². The molecule has 1 aromatic heterocycles. The van der Waals surface area contributed by atoms with Crippen molar-refractivity contribution in [2.75, 3.05) is 0 Å². The zero-order valence-corrected chi connectivity index (χ0v) is 15.1. The van der Waals surface area contributed by atoms with Crippen LogP contribution < -0.4 is 5.32 Å². The van der Waals surface area contributed by atoms with Gasteiger partial charge in [0, 0.05) is 12.1 Å². The van der Waals surface area contributed by atoms with Crippen molar-refractivity contribution in [2.45, 2.75) is 45.7 Å². The van der Waals surface area contributed by atoms with Gasteiger partial charge < -0.3 is 5.32 Å². The summed E-state index contributed by atoms with van der Waals surface area (Å²) in [6.45, 7) is 8.70. The van der Waals surface area contributed by atoms with Crippen molar-refractivity contribution < 1.29 is 0 Å². The topological polar surface area (TPSA) is 12.0 Å². The van der Waals surface area contributed by atoms with E-state index in [0.717, 1.165) is 14.2 Å². The summed E-state index contributed by atoms with van der Waals surface area (Å²) < 4.78 is 1.50. The molecule has 0 saturated carbocycles. The predicted octanol–water partition coefficient (Wildman–Crippen LogP) is 6.59. The largest absolute Gasteiger partial charge is 0.304 e. The molecule has 0 aliphatic rings. The van der Waals surface area contributed by atoms with Crippen LogP contribution in [0.2, 0.25) is 8.67 Å². The molecule has 0 aliphatic heterocycles. The molecule has 2 aromatic rings. The highest BCUT2D eigenvalue weighted by atomic mass is 35.5. The minimum absolute atomic E-state index is 0.168. The Kier molecular flexibility index (Phi) is 5.73. The SMILES string of the molecule is CC(C)c1ccc(C(C)NC(C)c2cc(Cl)sc2Cl)cc1. The molecule has 0 spiro atoms. The zero-order valence-electron chi connectivity index (χ0n) is 12.8. The van der Waals surface area contributed by atoms with Crippen molar-refractivity contribution in [3.63, 3.8) is 0 Å². The van der Waals surface area contributed by atoms with Gasteiger partial charge in [0.25, 0.3) is 0 Å². The Labute approximate surface area is 141 Å². The average molecular weight is 342 g/mol. The zero-order chi connectivity index (χ0) is 15.6. The second-order valence-electron chi connectivity index (χ2n) is 5.71. The van der Waals surface area contributed by atoms with Gasteiger partial charge in [-0.2, -0.15) is 0 Å². The van der Waals surface area contributed by atoms with E-state index in [4.69, 9.17) is 23.2 Å². The van der Waals surface area contributed by atoms with E-state index in [9.17, 15) is 0 Å². The molecule has 2 atom stereocenters. The first kappa shape index (κ1) is 16.8. The third kappa shape index (κ3) is 4.23. The van der Waals surface area contributed by atoms with Crippen LogP contribution in [-0.2, 0) is 0 Å². The Bertz CT molecular complexity index is 589. The summed E-state index contributed by atoms with van der Waals surface area (Å²) in [7, 11) is 0. The van der Waals surface area contributed by atoms with Crippen LogP contribution in [0, 0.1) is 0 Å². The molecule has 1 N–H and O–H groups in total. The summed E-state index contributed by atoms with van der Waals surface area (Å²) in [4.78, 5) is 0. The molecule has 0 radical (unpaired) electrons. The fourth-order valence-electron chi connectivity index (χ4n) is 2.38. The molecule has 2 rings (SSSR count). The number of rotatable bonds is 5. The number of nitrogens with one attached hydrogen (secondary N) is 1. The lowest BCUT2D eigenvalue weighted by molar-refractivity contribution is 0.495. The van der Waals surface area contributed by atoms with E-state index in [-0.39, 0.29) is 12.1 Å². The smallest absolute Gasteiger partial charge is 0.0991 e. The second kappa shape index (κ2) is 7.15. The average Bonchev–Trinajstić information content (AvgIpc) is 2.77. The van der Waals surface area contributed by atoms with E-state index in [2.05, 4.69) is 57.3 Å². The fraction of sp³-hybridized carbons (Fsp3) is 0.412. The Balaban J connectivity index is 2.06. The fourth-order valence-corrected chi connectivity index (χ4v) is 4.02. The standard InChI is InChI=1S/C17H21Cl2NS/c1-10(2)13-5-7-14(8-6-13)11(3)20-12(4)15-9-16(18)21-17(15)19/h5-12,20H,1-4H3. The van der Waals surface area contributed by atoms with Gasteiger partial charge in [0.05, 0.1) is 8.67 Å². The Morgan fingerprint density at radius 2 is 1.48 bits per heavy atom. The van der Waals surface area contributed by atoms with E-state index in [0.29, 0.717) is 5.92 Å². The third-order valence-corrected chi connectivity index (χ3v) is 5.27. The predicted molar refractivity (Wildman–Crippen MR) is 94.8 cm³/mol. The molecule has 1 aromatic carbocycles. The van der Waals surface area contributed by atoms with Gasteiger partial charge in [0.1, 0.15) is 0 Å².